The molecule has 0 radical (unpaired) electrons. The van der Waals surface area contributed by atoms with Gasteiger partial charge in [-0.05, 0) is 5.56 Å². The van der Waals surface area contributed by atoms with E-state index in [1.807, 2.05) is 42.5 Å². The van der Waals surface area contributed by atoms with Crippen molar-refractivity contribution in [3.8, 4) is 6.07 Å². The Bertz CT molecular complexity index is 643. The Morgan fingerprint density at radius 3 is 2.25 bits per heavy atom. The fraction of sp³-hybridized carbons (Fsp3) is 0.0625. The van der Waals surface area contributed by atoms with Gasteiger partial charge in [-0.1, -0.05) is 65.8 Å². The summed E-state index contributed by atoms with van der Waals surface area (Å²) < 4.78 is 0. The fourth-order valence-electron chi connectivity index (χ4n) is 1.63. The maximum absolute atomic E-state index is 11.6. The summed E-state index contributed by atoms with van der Waals surface area (Å²) in [7, 11) is 0. The molecule has 0 spiro atoms. The molecular weight excluding hydrogens is 252 g/mol. The molecule has 20 heavy (non-hydrogen) atoms. The molecule has 98 valence electrons. The summed E-state index contributed by atoms with van der Waals surface area (Å²) in [5, 5.41) is 12.6. The van der Waals surface area contributed by atoms with Gasteiger partial charge in [-0.3, -0.25) is 0 Å². The van der Waals surface area contributed by atoms with Crippen LogP contribution in [0.5, 0.6) is 0 Å². The van der Waals surface area contributed by atoms with Gasteiger partial charge in [-0.25, -0.2) is 4.79 Å². The summed E-state index contributed by atoms with van der Waals surface area (Å²) in [6.07, 6.45) is 0.123. The molecule has 0 amide bonds. The highest BCUT2D eigenvalue weighted by atomic mass is 16.7. The third-order valence-electron chi connectivity index (χ3n) is 2.58. The zero-order valence-electron chi connectivity index (χ0n) is 10.7. The highest BCUT2D eigenvalue weighted by Gasteiger charge is 2.07. The van der Waals surface area contributed by atoms with Gasteiger partial charge in [0.15, 0.2) is 5.71 Å². The molecule has 2 aromatic carbocycles. The van der Waals surface area contributed by atoms with Gasteiger partial charge >= 0.3 is 5.97 Å². The lowest BCUT2D eigenvalue weighted by Gasteiger charge is -2.00. The first-order valence-corrected chi connectivity index (χ1v) is 6.07. The molecule has 0 aliphatic heterocycles. The van der Waals surface area contributed by atoms with Crippen molar-refractivity contribution in [1.82, 2.24) is 0 Å². The van der Waals surface area contributed by atoms with Crippen molar-refractivity contribution >= 4 is 11.7 Å². The highest BCUT2D eigenvalue weighted by molar-refractivity contribution is 6.11. The smallest absolute Gasteiger partial charge is 0.317 e. The van der Waals surface area contributed by atoms with Gasteiger partial charge in [0.1, 0.15) is 6.07 Å². The molecule has 0 saturated carbocycles. The third-order valence-corrected chi connectivity index (χ3v) is 2.58. The molecule has 0 aliphatic carbocycles. The number of rotatable bonds is 4. The van der Waals surface area contributed by atoms with Crippen molar-refractivity contribution in [2.24, 2.45) is 5.16 Å². The molecule has 4 nitrogen and oxygen atoms in total. The molecule has 0 heterocycles. The molecule has 0 atom stereocenters. The third kappa shape index (κ3) is 3.79. The Morgan fingerprint density at radius 2 is 1.65 bits per heavy atom. The standard InChI is InChI=1S/C16H12N2O2/c17-12-15(14-9-5-2-6-10-14)18-20-16(19)11-13-7-3-1-4-8-13/h1-10H,11H2. The number of hydrogen-bond acceptors (Lipinski definition) is 4. The lowest BCUT2D eigenvalue weighted by molar-refractivity contribution is -0.142. The van der Waals surface area contributed by atoms with Crippen molar-refractivity contribution in [3.05, 3.63) is 71.8 Å². The Hall–Kier alpha value is -2.93. The van der Waals surface area contributed by atoms with Crippen LogP contribution in [0.4, 0.5) is 0 Å². The lowest BCUT2D eigenvalue weighted by Crippen LogP contribution is -2.07. The van der Waals surface area contributed by atoms with Crippen LogP contribution in [0.15, 0.2) is 65.8 Å². The van der Waals surface area contributed by atoms with E-state index in [2.05, 4.69) is 5.16 Å². The minimum atomic E-state index is -0.500. The van der Waals surface area contributed by atoms with E-state index in [1.54, 1.807) is 24.3 Å². The molecule has 0 fully saturated rings. The predicted molar refractivity (Wildman–Crippen MR) is 74.8 cm³/mol. The Kier molecular flexibility index (Phi) is 4.63. The SMILES string of the molecule is N#CC(=NOC(=O)Cc1ccccc1)c1ccccc1. The van der Waals surface area contributed by atoms with Crippen LogP contribution in [-0.2, 0) is 16.1 Å². The van der Waals surface area contributed by atoms with E-state index in [0.29, 0.717) is 5.56 Å². The van der Waals surface area contributed by atoms with E-state index in [1.165, 1.54) is 0 Å². The number of benzene rings is 2. The van der Waals surface area contributed by atoms with Gasteiger partial charge in [0.2, 0.25) is 0 Å². The molecule has 0 aliphatic rings. The largest absolute Gasteiger partial charge is 0.339 e. The summed E-state index contributed by atoms with van der Waals surface area (Å²) in [5.74, 6) is -0.500. The normalized spacial score (nSPS) is 10.7. The van der Waals surface area contributed by atoms with Crippen LogP contribution >= 0.6 is 0 Å². The zero-order valence-corrected chi connectivity index (χ0v) is 10.7. The van der Waals surface area contributed by atoms with Crippen LogP contribution < -0.4 is 0 Å². The van der Waals surface area contributed by atoms with Gasteiger partial charge in [0.05, 0.1) is 6.42 Å². The maximum Gasteiger partial charge on any atom is 0.339 e. The van der Waals surface area contributed by atoms with Gasteiger partial charge in [0, 0.05) is 5.56 Å². The molecule has 0 unspecified atom stereocenters. The van der Waals surface area contributed by atoms with Crippen molar-refractivity contribution in [1.29, 1.82) is 5.26 Å². The minimum absolute atomic E-state index is 0.0759. The Morgan fingerprint density at radius 1 is 1.05 bits per heavy atom. The first-order valence-electron chi connectivity index (χ1n) is 6.07. The predicted octanol–water partition coefficient (Wildman–Crippen LogP) is 2.70. The second-order valence-corrected chi connectivity index (χ2v) is 4.04. The molecule has 0 bridgehead atoms. The van der Waals surface area contributed by atoms with Crippen molar-refractivity contribution in [2.45, 2.75) is 6.42 Å². The molecule has 2 rings (SSSR count). The lowest BCUT2D eigenvalue weighted by atomic mass is 10.1. The average Bonchev–Trinajstić information content (AvgIpc) is 2.50. The summed E-state index contributed by atoms with van der Waals surface area (Å²) in [4.78, 5) is 16.4. The molecule has 0 saturated heterocycles. The van der Waals surface area contributed by atoms with Gasteiger partial charge < -0.3 is 4.84 Å². The summed E-state index contributed by atoms with van der Waals surface area (Å²) in [6.45, 7) is 0. The quantitative estimate of drug-likeness (QED) is 0.484. The van der Waals surface area contributed by atoms with Crippen molar-refractivity contribution < 1.29 is 9.63 Å². The summed E-state index contributed by atoms with van der Waals surface area (Å²) >= 11 is 0. The summed E-state index contributed by atoms with van der Waals surface area (Å²) in [5.41, 5.74) is 1.53. The minimum Gasteiger partial charge on any atom is -0.317 e. The average molecular weight is 264 g/mol. The van der Waals surface area contributed by atoms with Crippen LogP contribution in [0, 0.1) is 11.3 Å². The second-order valence-electron chi connectivity index (χ2n) is 4.04. The topological polar surface area (TPSA) is 62.4 Å². The number of carbonyl (C=O) groups excluding carboxylic acids is 1. The first kappa shape index (κ1) is 13.5. The van der Waals surface area contributed by atoms with Gasteiger partial charge in [-0.2, -0.15) is 5.26 Å². The second kappa shape index (κ2) is 6.86. The monoisotopic (exact) mass is 264 g/mol. The molecule has 0 N–H and O–H groups in total. The number of nitrogens with zero attached hydrogens (tertiary/aromatic N) is 2. The number of oxime groups is 1. The molecule has 4 heteroatoms. The zero-order chi connectivity index (χ0) is 14.2. The molecular formula is C16H12N2O2. The number of nitriles is 1. The van der Waals surface area contributed by atoms with Gasteiger partial charge in [-0.15, -0.1) is 0 Å². The Balaban J connectivity index is 2.01. The van der Waals surface area contributed by atoms with Gasteiger partial charge in [0.25, 0.3) is 0 Å². The number of carbonyl (C=O) groups is 1. The van der Waals surface area contributed by atoms with E-state index in [9.17, 15) is 4.79 Å². The van der Waals surface area contributed by atoms with Crippen LogP contribution in [0.2, 0.25) is 0 Å². The first-order chi connectivity index (χ1) is 9.79. The van der Waals surface area contributed by atoms with E-state index in [0.717, 1.165) is 5.56 Å². The van der Waals surface area contributed by atoms with Crippen LogP contribution in [0.3, 0.4) is 0 Å². The maximum atomic E-state index is 11.6. The van der Waals surface area contributed by atoms with E-state index in [-0.39, 0.29) is 12.1 Å². The van der Waals surface area contributed by atoms with Crippen LogP contribution in [0.25, 0.3) is 0 Å². The van der Waals surface area contributed by atoms with Crippen molar-refractivity contribution in [3.63, 3.8) is 0 Å². The molecule has 0 aromatic heterocycles. The van der Waals surface area contributed by atoms with E-state index >= 15 is 0 Å². The van der Waals surface area contributed by atoms with Crippen LogP contribution in [0.1, 0.15) is 11.1 Å². The number of hydrogen-bond donors (Lipinski definition) is 0. The van der Waals surface area contributed by atoms with Crippen LogP contribution in [-0.4, -0.2) is 11.7 Å². The highest BCUT2D eigenvalue weighted by Crippen LogP contribution is 2.04. The van der Waals surface area contributed by atoms with E-state index < -0.39 is 5.97 Å². The summed E-state index contributed by atoms with van der Waals surface area (Å²) in [6, 6.07) is 20.0. The van der Waals surface area contributed by atoms with E-state index in [4.69, 9.17) is 10.1 Å². The Labute approximate surface area is 116 Å². The molecule has 2 aromatic rings. The van der Waals surface area contributed by atoms with Crippen molar-refractivity contribution in [2.75, 3.05) is 0 Å². The fourth-order valence-corrected chi connectivity index (χ4v) is 1.63.